The summed E-state index contributed by atoms with van der Waals surface area (Å²) in [5.74, 6) is 0.0729. The number of hydrogen-bond donors (Lipinski definition) is 2. The number of piperidine rings is 1. The Bertz CT molecular complexity index is 805. The normalized spacial score (nSPS) is 24.2. The van der Waals surface area contributed by atoms with Crippen molar-refractivity contribution in [2.75, 3.05) is 24.5 Å². The van der Waals surface area contributed by atoms with E-state index in [4.69, 9.17) is 5.26 Å². The fraction of sp³-hybridized carbons (Fsp3) is 0.600. The lowest BCUT2D eigenvalue weighted by molar-refractivity contribution is -0.137. The second kappa shape index (κ2) is 6.96. The first-order chi connectivity index (χ1) is 13.3. The summed E-state index contributed by atoms with van der Waals surface area (Å²) in [5.41, 5.74) is -0.710. The van der Waals surface area contributed by atoms with Gasteiger partial charge in [0.25, 0.3) is 0 Å². The van der Waals surface area contributed by atoms with Crippen molar-refractivity contribution in [3.63, 3.8) is 0 Å². The van der Waals surface area contributed by atoms with Crippen LogP contribution in [0.4, 0.5) is 18.9 Å². The van der Waals surface area contributed by atoms with Gasteiger partial charge in [-0.05, 0) is 55.7 Å². The van der Waals surface area contributed by atoms with E-state index in [9.17, 15) is 18.0 Å². The van der Waals surface area contributed by atoms with Gasteiger partial charge in [0.1, 0.15) is 0 Å². The van der Waals surface area contributed by atoms with Crippen LogP contribution in [0, 0.1) is 16.7 Å². The van der Waals surface area contributed by atoms with E-state index in [1.54, 1.807) is 12.1 Å². The zero-order chi connectivity index (χ0) is 19.9. The average molecular weight is 392 g/mol. The number of benzene rings is 1. The molecule has 1 atom stereocenters. The molecular weight excluding hydrogens is 369 g/mol. The minimum Gasteiger partial charge on any atom is -0.371 e. The molecule has 1 spiro atoms. The zero-order valence-electron chi connectivity index (χ0n) is 15.5. The van der Waals surface area contributed by atoms with Gasteiger partial charge in [0, 0.05) is 31.4 Å². The van der Waals surface area contributed by atoms with Crippen LogP contribution in [0.3, 0.4) is 0 Å². The molecule has 1 amide bonds. The molecule has 5 nitrogen and oxygen atoms in total. The molecule has 0 bridgehead atoms. The van der Waals surface area contributed by atoms with Crippen molar-refractivity contribution in [3.05, 3.63) is 29.3 Å². The van der Waals surface area contributed by atoms with Gasteiger partial charge in [-0.3, -0.25) is 4.79 Å². The van der Waals surface area contributed by atoms with Crippen molar-refractivity contribution < 1.29 is 18.0 Å². The molecule has 1 aromatic carbocycles. The van der Waals surface area contributed by atoms with Gasteiger partial charge in [0.2, 0.25) is 5.91 Å². The highest BCUT2D eigenvalue weighted by atomic mass is 19.4. The first kappa shape index (κ1) is 19.1. The summed E-state index contributed by atoms with van der Waals surface area (Å²) >= 11 is 0. The Hall–Kier alpha value is -2.27. The molecule has 3 aliphatic rings. The van der Waals surface area contributed by atoms with Crippen molar-refractivity contribution >= 4 is 11.6 Å². The fourth-order valence-electron chi connectivity index (χ4n) is 4.31. The summed E-state index contributed by atoms with van der Waals surface area (Å²) in [6.45, 7) is 2.05. The molecule has 3 fully saturated rings. The highest BCUT2D eigenvalue weighted by Crippen LogP contribution is 2.41. The number of nitriles is 1. The molecule has 28 heavy (non-hydrogen) atoms. The predicted molar refractivity (Wildman–Crippen MR) is 97.6 cm³/mol. The van der Waals surface area contributed by atoms with Crippen molar-refractivity contribution in [2.45, 2.75) is 50.4 Å². The SMILES string of the molecule is N#Cc1ccc(N2CCC3(CC2)CNC(C(=O)NC2CC2)C3)cc1C(F)(F)F. The van der Waals surface area contributed by atoms with E-state index in [-0.39, 0.29) is 22.9 Å². The largest absolute Gasteiger partial charge is 0.417 e. The molecule has 2 saturated heterocycles. The Kier molecular flexibility index (Phi) is 4.74. The molecule has 2 aliphatic heterocycles. The Morgan fingerprint density at radius 3 is 2.61 bits per heavy atom. The minimum atomic E-state index is -4.55. The average Bonchev–Trinajstić information content (AvgIpc) is 3.39. The van der Waals surface area contributed by atoms with E-state index in [0.29, 0.717) is 24.8 Å². The molecule has 150 valence electrons. The summed E-state index contributed by atoms with van der Waals surface area (Å²) in [7, 11) is 0. The first-order valence-electron chi connectivity index (χ1n) is 9.70. The van der Waals surface area contributed by atoms with Crippen LogP contribution in [-0.4, -0.2) is 37.6 Å². The number of nitrogens with zero attached hydrogens (tertiary/aromatic N) is 2. The molecule has 1 aliphatic carbocycles. The number of carbonyl (C=O) groups is 1. The Morgan fingerprint density at radius 2 is 2.00 bits per heavy atom. The molecule has 1 unspecified atom stereocenters. The second-order valence-electron chi connectivity index (χ2n) is 8.25. The number of halogens is 3. The first-order valence-corrected chi connectivity index (χ1v) is 9.70. The maximum atomic E-state index is 13.2. The van der Waals surface area contributed by atoms with E-state index in [1.165, 1.54) is 6.07 Å². The van der Waals surface area contributed by atoms with Crippen LogP contribution >= 0.6 is 0 Å². The number of nitrogens with one attached hydrogen (secondary N) is 2. The number of carbonyl (C=O) groups excluding carboxylic acids is 1. The van der Waals surface area contributed by atoms with Crippen LogP contribution in [0.15, 0.2) is 18.2 Å². The highest BCUT2D eigenvalue weighted by molar-refractivity contribution is 5.82. The summed E-state index contributed by atoms with van der Waals surface area (Å²) in [4.78, 5) is 14.2. The number of amides is 1. The van der Waals surface area contributed by atoms with Crippen LogP contribution < -0.4 is 15.5 Å². The van der Waals surface area contributed by atoms with Crippen LogP contribution in [0.5, 0.6) is 0 Å². The molecule has 1 saturated carbocycles. The zero-order valence-corrected chi connectivity index (χ0v) is 15.5. The van der Waals surface area contributed by atoms with Gasteiger partial charge in [-0.1, -0.05) is 0 Å². The van der Waals surface area contributed by atoms with Crippen molar-refractivity contribution in [1.82, 2.24) is 10.6 Å². The summed E-state index contributed by atoms with van der Waals surface area (Å²) < 4.78 is 39.7. The quantitative estimate of drug-likeness (QED) is 0.830. The predicted octanol–water partition coefficient (Wildman–Crippen LogP) is 2.80. The van der Waals surface area contributed by atoms with Gasteiger partial charge in [-0.15, -0.1) is 0 Å². The van der Waals surface area contributed by atoms with E-state index in [1.807, 2.05) is 4.90 Å². The van der Waals surface area contributed by atoms with Crippen LogP contribution in [0.25, 0.3) is 0 Å². The molecule has 2 heterocycles. The third kappa shape index (κ3) is 3.81. The molecular formula is C20H23F3N4O. The second-order valence-corrected chi connectivity index (χ2v) is 8.25. The maximum absolute atomic E-state index is 13.2. The monoisotopic (exact) mass is 392 g/mol. The number of rotatable bonds is 3. The summed E-state index contributed by atoms with van der Waals surface area (Å²) in [6, 6.07) is 5.71. The fourth-order valence-corrected chi connectivity index (χ4v) is 4.31. The lowest BCUT2D eigenvalue weighted by Crippen LogP contribution is -2.41. The van der Waals surface area contributed by atoms with Gasteiger partial charge in [-0.2, -0.15) is 18.4 Å². The van der Waals surface area contributed by atoms with Crippen molar-refractivity contribution in [2.24, 2.45) is 5.41 Å². The lowest BCUT2D eigenvalue weighted by Gasteiger charge is -2.40. The Labute approximate surface area is 161 Å². The van der Waals surface area contributed by atoms with Crippen LogP contribution in [0.2, 0.25) is 0 Å². The van der Waals surface area contributed by atoms with Crippen LogP contribution in [0.1, 0.15) is 43.2 Å². The number of anilines is 1. The molecule has 2 N–H and O–H groups in total. The smallest absolute Gasteiger partial charge is 0.371 e. The minimum absolute atomic E-state index is 0.0293. The molecule has 4 rings (SSSR count). The Balaban J connectivity index is 1.40. The van der Waals surface area contributed by atoms with E-state index >= 15 is 0 Å². The Morgan fingerprint density at radius 1 is 1.29 bits per heavy atom. The maximum Gasteiger partial charge on any atom is 0.417 e. The van der Waals surface area contributed by atoms with Crippen molar-refractivity contribution in [3.8, 4) is 6.07 Å². The molecule has 1 aromatic rings. The molecule has 0 radical (unpaired) electrons. The van der Waals surface area contributed by atoms with Crippen LogP contribution in [-0.2, 0) is 11.0 Å². The van der Waals surface area contributed by atoms with Gasteiger partial charge in [-0.25, -0.2) is 0 Å². The topological polar surface area (TPSA) is 68.2 Å². The molecule has 8 heteroatoms. The van der Waals surface area contributed by atoms with Gasteiger partial charge in [0.15, 0.2) is 0 Å². The lowest BCUT2D eigenvalue weighted by atomic mass is 9.76. The van der Waals surface area contributed by atoms with Crippen molar-refractivity contribution in [1.29, 1.82) is 5.26 Å². The third-order valence-corrected chi connectivity index (χ3v) is 6.22. The van der Waals surface area contributed by atoms with E-state index < -0.39 is 11.7 Å². The summed E-state index contributed by atoms with van der Waals surface area (Å²) in [5, 5.41) is 15.3. The number of hydrogen-bond acceptors (Lipinski definition) is 4. The van der Waals surface area contributed by atoms with Gasteiger partial charge in [0.05, 0.1) is 23.2 Å². The number of alkyl halides is 3. The van der Waals surface area contributed by atoms with E-state index in [2.05, 4.69) is 10.6 Å². The van der Waals surface area contributed by atoms with Gasteiger partial charge < -0.3 is 15.5 Å². The van der Waals surface area contributed by atoms with E-state index in [0.717, 1.165) is 44.7 Å². The molecule has 0 aromatic heterocycles. The summed E-state index contributed by atoms with van der Waals surface area (Å²) in [6.07, 6.45) is 0.00538. The standard InChI is InChI=1S/C20H23F3N4O/c21-20(22,23)16-9-15(4-1-13(16)11-24)27-7-5-19(6-8-27)10-17(25-12-19)18(28)26-14-2-3-14/h1,4,9,14,17,25H,2-3,5-8,10,12H2,(H,26,28). The third-order valence-electron chi connectivity index (χ3n) is 6.22. The highest BCUT2D eigenvalue weighted by Gasteiger charge is 2.44. The van der Waals surface area contributed by atoms with Gasteiger partial charge >= 0.3 is 6.18 Å².